The summed E-state index contributed by atoms with van der Waals surface area (Å²) in [6, 6.07) is 8.98. The Hall–Kier alpha value is -1.06. The Kier molecular flexibility index (Phi) is 5.15. The van der Waals surface area contributed by atoms with Gasteiger partial charge in [0.2, 0.25) is 0 Å². The number of piperidine rings is 1. The van der Waals surface area contributed by atoms with E-state index in [1.165, 1.54) is 45.1 Å². The molecule has 0 unspecified atom stereocenters. The predicted octanol–water partition coefficient (Wildman–Crippen LogP) is 3.18. The number of benzene rings is 1. The van der Waals surface area contributed by atoms with Crippen molar-refractivity contribution in [3.05, 3.63) is 29.8 Å². The number of hydrogen-bond acceptors (Lipinski definition) is 3. The maximum atomic E-state index is 5.93. The third kappa shape index (κ3) is 3.78. The van der Waals surface area contributed by atoms with Crippen molar-refractivity contribution in [3.8, 4) is 5.75 Å². The Labute approximate surface area is 128 Å². The second kappa shape index (κ2) is 7.28. The van der Waals surface area contributed by atoms with E-state index in [0.717, 1.165) is 36.4 Å². The van der Waals surface area contributed by atoms with Crippen molar-refractivity contribution in [1.82, 2.24) is 4.90 Å². The molecule has 21 heavy (non-hydrogen) atoms. The molecule has 2 atom stereocenters. The van der Waals surface area contributed by atoms with E-state index in [9.17, 15) is 0 Å². The highest BCUT2D eigenvalue weighted by Crippen LogP contribution is 2.34. The normalized spacial score (nSPS) is 26.3. The molecular formula is C18H28N2O. The summed E-state index contributed by atoms with van der Waals surface area (Å²) in [5.41, 5.74) is 6.81. The fourth-order valence-corrected chi connectivity index (χ4v) is 4.05. The first-order valence-corrected chi connectivity index (χ1v) is 8.52. The number of rotatable bonds is 5. The van der Waals surface area contributed by atoms with Crippen LogP contribution in [0.5, 0.6) is 5.75 Å². The van der Waals surface area contributed by atoms with Gasteiger partial charge in [-0.3, -0.25) is 4.90 Å². The summed E-state index contributed by atoms with van der Waals surface area (Å²) in [5.74, 6) is 1.91. The Balaban J connectivity index is 1.49. The van der Waals surface area contributed by atoms with Gasteiger partial charge in [-0.2, -0.15) is 0 Å². The van der Waals surface area contributed by atoms with Crippen LogP contribution in [0.4, 0.5) is 0 Å². The monoisotopic (exact) mass is 288 g/mol. The molecule has 0 bridgehead atoms. The van der Waals surface area contributed by atoms with Crippen LogP contribution in [0, 0.1) is 5.92 Å². The molecule has 1 aliphatic carbocycles. The van der Waals surface area contributed by atoms with Crippen molar-refractivity contribution in [2.45, 2.75) is 51.1 Å². The van der Waals surface area contributed by atoms with E-state index in [1.807, 2.05) is 18.2 Å². The first-order chi connectivity index (χ1) is 10.4. The van der Waals surface area contributed by atoms with Crippen LogP contribution in [-0.4, -0.2) is 30.6 Å². The Bertz CT molecular complexity index is 447. The lowest BCUT2D eigenvalue weighted by atomic mass is 9.78. The summed E-state index contributed by atoms with van der Waals surface area (Å²) in [4.78, 5) is 2.68. The highest BCUT2D eigenvalue weighted by Gasteiger charge is 2.32. The van der Waals surface area contributed by atoms with Crippen LogP contribution in [0.1, 0.15) is 44.1 Å². The molecule has 1 aromatic rings. The first kappa shape index (κ1) is 14.9. The maximum absolute atomic E-state index is 5.93. The van der Waals surface area contributed by atoms with Crippen molar-refractivity contribution in [2.24, 2.45) is 11.7 Å². The van der Waals surface area contributed by atoms with E-state index in [0.29, 0.717) is 6.54 Å². The molecule has 3 rings (SSSR count). The van der Waals surface area contributed by atoms with Crippen molar-refractivity contribution < 1.29 is 4.74 Å². The van der Waals surface area contributed by atoms with Crippen molar-refractivity contribution in [3.63, 3.8) is 0 Å². The molecule has 1 saturated heterocycles. The van der Waals surface area contributed by atoms with Gasteiger partial charge in [0, 0.05) is 19.1 Å². The Morgan fingerprint density at radius 1 is 1.14 bits per heavy atom. The van der Waals surface area contributed by atoms with Gasteiger partial charge in [0.15, 0.2) is 0 Å². The molecule has 1 aliphatic heterocycles. The Morgan fingerprint density at radius 2 is 2.00 bits per heavy atom. The fourth-order valence-electron chi connectivity index (χ4n) is 4.05. The van der Waals surface area contributed by atoms with E-state index < -0.39 is 0 Å². The van der Waals surface area contributed by atoms with Gasteiger partial charge in [-0.15, -0.1) is 0 Å². The number of likely N-dealkylation sites (tertiary alicyclic amines) is 1. The lowest BCUT2D eigenvalue weighted by molar-refractivity contribution is 0.0501. The minimum Gasteiger partial charge on any atom is -0.492 e. The standard InChI is InChI=1S/C18H28N2O/c19-14-15-5-3-8-17(13-15)21-12-11-20-10-4-7-16-6-1-2-9-18(16)20/h3,5,8,13,16,18H,1-2,4,6-7,9-12,14,19H2/t16-,18-/m1/s1. The van der Waals surface area contributed by atoms with Crippen LogP contribution >= 0.6 is 0 Å². The number of hydrogen-bond donors (Lipinski definition) is 1. The van der Waals surface area contributed by atoms with Crippen LogP contribution in [0.2, 0.25) is 0 Å². The van der Waals surface area contributed by atoms with E-state index in [1.54, 1.807) is 0 Å². The van der Waals surface area contributed by atoms with Gasteiger partial charge in [-0.25, -0.2) is 0 Å². The molecule has 2 N–H and O–H groups in total. The molecule has 2 fully saturated rings. The highest BCUT2D eigenvalue weighted by atomic mass is 16.5. The molecule has 0 aromatic heterocycles. The summed E-state index contributed by atoms with van der Waals surface area (Å²) in [6.07, 6.45) is 8.51. The van der Waals surface area contributed by atoms with E-state index >= 15 is 0 Å². The molecule has 0 amide bonds. The number of nitrogens with two attached hydrogens (primary N) is 1. The van der Waals surface area contributed by atoms with Gasteiger partial charge in [-0.05, 0) is 55.8 Å². The van der Waals surface area contributed by atoms with E-state index in [-0.39, 0.29) is 0 Å². The fraction of sp³-hybridized carbons (Fsp3) is 0.667. The molecule has 2 aliphatic rings. The highest BCUT2D eigenvalue weighted by molar-refractivity contribution is 5.28. The summed E-state index contributed by atoms with van der Waals surface area (Å²) >= 11 is 0. The zero-order valence-electron chi connectivity index (χ0n) is 13.0. The minimum atomic E-state index is 0.576. The van der Waals surface area contributed by atoms with Crippen LogP contribution in [0.3, 0.4) is 0 Å². The molecule has 116 valence electrons. The lowest BCUT2D eigenvalue weighted by Crippen LogP contribution is -2.48. The third-order valence-electron chi connectivity index (χ3n) is 5.14. The summed E-state index contributed by atoms with van der Waals surface area (Å²) < 4.78 is 5.93. The molecular weight excluding hydrogens is 260 g/mol. The average molecular weight is 288 g/mol. The zero-order chi connectivity index (χ0) is 14.5. The molecule has 1 saturated carbocycles. The smallest absolute Gasteiger partial charge is 0.119 e. The number of nitrogens with zero attached hydrogens (tertiary/aromatic N) is 1. The zero-order valence-corrected chi connectivity index (χ0v) is 13.0. The first-order valence-electron chi connectivity index (χ1n) is 8.52. The average Bonchev–Trinajstić information content (AvgIpc) is 2.55. The van der Waals surface area contributed by atoms with Gasteiger partial charge in [0.25, 0.3) is 0 Å². The van der Waals surface area contributed by atoms with Crippen molar-refractivity contribution in [1.29, 1.82) is 0 Å². The SMILES string of the molecule is NCc1cccc(OCCN2CCC[C@H]3CCCC[C@H]32)c1. The lowest BCUT2D eigenvalue weighted by Gasteiger charge is -2.44. The summed E-state index contributed by atoms with van der Waals surface area (Å²) in [6.45, 7) is 3.69. The van der Waals surface area contributed by atoms with Gasteiger partial charge >= 0.3 is 0 Å². The van der Waals surface area contributed by atoms with Crippen molar-refractivity contribution >= 4 is 0 Å². The van der Waals surface area contributed by atoms with E-state index in [2.05, 4.69) is 11.0 Å². The molecule has 3 heteroatoms. The topological polar surface area (TPSA) is 38.5 Å². The van der Waals surface area contributed by atoms with Crippen LogP contribution in [0.25, 0.3) is 0 Å². The van der Waals surface area contributed by atoms with Gasteiger partial charge < -0.3 is 10.5 Å². The van der Waals surface area contributed by atoms with E-state index in [4.69, 9.17) is 10.5 Å². The molecule has 0 spiro atoms. The molecule has 0 radical (unpaired) electrons. The van der Waals surface area contributed by atoms with Crippen LogP contribution < -0.4 is 10.5 Å². The largest absolute Gasteiger partial charge is 0.492 e. The number of fused-ring (bicyclic) bond motifs is 1. The maximum Gasteiger partial charge on any atom is 0.119 e. The van der Waals surface area contributed by atoms with Gasteiger partial charge in [-0.1, -0.05) is 25.0 Å². The molecule has 3 nitrogen and oxygen atoms in total. The second-order valence-corrected chi connectivity index (χ2v) is 6.49. The second-order valence-electron chi connectivity index (χ2n) is 6.49. The predicted molar refractivity (Wildman–Crippen MR) is 86.4 cm³/mol. The number of ether oxygens (including phenoxy) is 1. The van der Waals surface area contributed by atoms with Crippen LogP contribution in [0.15, 0.2) is 24.3 Å². The summed E-state index contributed by atoms with van der Waals surface area (Å²) in [5, 5.41) is 0. The van der Waals surface area contributed by atoms with Gasteiger partial charge in [0.05, 0.1) is 0 Å². The van der Waals surface area contributed by atoms with Gasteiger partial charge in [0.1, 0.15) is 12.4 Å². The Morgan fingerprint density at radius 3 is 2.90 bits per heavy atom. The molecule has 1 heterocycles. The third-order valence-corrected chi connectivity index (χ3v) is 5.14. The quantitative estimate of drug-likeness (QED) is 0.904. The minimum absolute atomic E-state index is 0.576. The summed E-state index contributed by atoms with van der Waals surface area (Å²) in [7, 11) is 0. The van der Waals surface area contributed by atoms with Crippen molar-refractivity contribution in [2.75, 3.05) is 19.7 Å². The molecule has 1 aromatic carbocycles. The van der Waals surface area contributed by atoms with Crippen LogP contribution in [-0.2, 0) is 6.54 Å².